The Balaban J connectivity index is 2.37. The zero-order chi connectivity index (χ0) is 14.0. The molecule has 0 spiro atoms. The van der Waals surface area contributed by atoms with Gasteiger partial charge in [-0.3, -0.25) is 18.9 Å². The molecule has 104 valence electrons. The molecule has 0 unspecified atom stereocenters. The van der Waals surface area contributed by atoms with E-state index >= 15 is 0 Å². The number of hydrogen-bond acceptors (Lipinski definition) is 6. The Labute approximate surface area is 115 Å². The molecule has 1 saturated heterocycles. The van der Waals surface area contributed by atoms with Crippen molar-refractivity contribution < 1.29 is 9.84 Å². The summed E-state index contributed by atoms with van der Waals surface area (Å²) in [6.45, 7) is 2.56. The number of hydrogen-bond donors (Lipinski definition) is 1. The first kappa shape index (κ1) is 13.8. The third kappa shape index (κ3) is 2.69. The van der Waals surface area contributed by atoms with Gasteiger partial charge in [-0.05, 0) is 12.2 Å². The monoisotopic (exact) mass is 284 g/mol. The predicted octanol–water partition coefficient (Wildman–Crippen LogP) is -0.175. The zero-order valence-electron chi connectivity index (χ0n) is 10.9. The van der Waals surface area contributed by atoms with Gasteiger partial charge in [-0.15, -0.1) is 0 Å². The fourth-order valence-corrected chi connectivity index (χ4v) is 1.95. The summed E-state index contributed by atoms with van der Waals surface area (Å²) in [7, 11) is 3.17. The number of aromatic nitrogens is 2. The summed E-state index contributed by atoms with van der Waals surface area (Å²) < 4.78 is 8.13. The lowest BCUT2D eigenvalue weighted by atomic mass is 10.3. The van der Waals surface area contributed by atoms with Gasteiger partial charge in [0.1, 0.15) is 5.56 Å². The van der Waals surface area contributed by atoms with E-state index in [9.17, 15) is 9.90 Å². The van der Waals surface area contributed by atoms with Gasteiger partial charge < -0.3 is 9.84 Å². The summed E-state index contributed by atoms with van der Waals surface area (Å²) in [5.41, 5.74) is -0.234. The Hall–Kier alpha value is -1.67. The second-order valence-corrected chi connectivity index (χ2v) is 4.62. The molecule has 8 heteroatoms. The van der Waals surface area contributed by atoms with E-state index in [0.717, 1.165) is 0 Å². The minimum absolute atomic E-state index is 0.130. The van der Waals surface area contributed by atoms with E-state index in [1.807, 2.05) is 0 Å². The Bertz CT molecular complexity index is 614. The SMILES string of the molecule is Cn1c(O)c(/C=N/N2CCOCC2)c(=O)n(C)c1=S. The first-order chi connectivity index (χ1) is 9.02. The maximum atomic E-state index is 12.0. The molecule has 1 aliphatic rings. The highest BCUT2D eigenvalue weighted by molar-refractivity contribution is 7.71. The summed E-state index contributed by atoms with van der Waals surface area (Å²) in [6, 6.07) is 0. The van der Waals surface area contributed by atoms with E-state index in [1.165, 1.54) is 15.3 Å². The number of rotatable bonds is 2. The number of morpholine rings is 1. The lowest BCUT2D eigenvalue weighted by Gasteiger charge is -2.23. The van der Waals surface area contributed by atoms with E-state index in [0.29, 0.717) is 26.3 Å². The largest absolute Gasteiger partial charge is 0.494 e. The third-order valence-corrected chi connectivity index (χ3v) is 3.55. The van der Waals surface area contributed by atoms with Gasteiger partial charge in [0.2, 0.25) is 5.88 Å². The van der Waals surface area contributed by atoms with Crippen LogP contribution in [0.1, 0.15) is 5.56 Å². The van der Waals surface area contributed by atoms with Crippen molar-refractivity contribution in [3.63, 3.8) is 0 Å². The van der Waals surface area contributed by atoms with Crippen molar-refractivity contribution >= 4 is 18.4 Å². The van der Waals surface area contributed by atoms with Crippen LogP contribution in [0.25, 0.3) is 0 Å². The molecule has 0 bridgehead atoms. The van der Waals surface area contributed by atoms with E-state index in [1.54, 1.807) is 19.1 Å². The first-order valence-corrected chi connectivity index (χ1v) is 6.29. The average Bonchev–Trinajstić information content (AvgIpc) is 2.44. The van der Waals surface area contributed by atoms with Crippen LogP contribution in [0.4, 0.5) is 0 Å². The Morgan fingerprint density at radius 1 is 1.32 bits per heavy atom. The molecular formula is C11H16N4O3S. The third-order valence-electron chi connectivity index (χ3n) is 3.01. The van der Waals surface area contributed by atoms with Gasteiger partial charge in [-0.1, -0.05) is 0 Å². The number of aromatic hydroxyl groups is 1. The van der Waals surface area contributed by atoms with Gasteiger partial charge in [0.25, 0.3) is 5.56 Å². The second-order valence-electron chi connectivity index (χ2n) is 4.25. The van der Waals surface area contributed by atoms with Gasteiger partial charge in [0, 0.05) is 14.1 Å². The van der Waals surface area contributed by atoms with Crippen LogP contribution in [-0.4, -0.2) is 51.8 Å². The Kier molecular flexibility index (Phi) is 4.01. The van der Waals surface area contributed by atoms with Crippen LogP contribution in [0.3, 0.4) is 0 Å². The van der Waals surface area contributed by atoms with Crippen LogP contribution >= 0.6 is 12.2 Å². The van der Waals surface area contributed by atoms with Crippen LogP contribution in [-0.2, 0) is 18.8 Å². The van der Waals surface area contributed by atoms with Crippen LogP contribution in [0.5, 0.6) is 5.88 Å². The van der Waals surface area contributed by atoms with E-state index in [2.05, 4.69) is 5.10 Å². The van der Waals surface area contributed by atoms with Crippen molar-refractivity contribution in [3.05, 3.63) is 20.7 Å². The van der Waals surface area contributed by atoms with Crippen molar-refractivity contribution in [2.75, 3.05) is 26.3 Å². The van der Waals surface area contributed by atoms with E-state index in [-0.39, 0.29) is 21.8 Å². The number of nitrogens with zero attached hydrogens (tertiary/aromatic N) is 4. The zero-order valence-corrected chi connectivity index (χ0v) is 11.7. The molecule has 2 heterocycles. The molecule has 19 heavy (non-hydrogen) atoms. The Morgan fingerprint density at radius 2 is 1.95 bits per heavy atom. The van der Waals surface area contributed by atoms with Crippen LogP contribution in [0, 0.1) is 4.77 Å². The van der Waals surface area contributed by atoms with Crippen molar-refractivity contribution in [1.82, 2.24) is 14.1 Å². The first-order valence-electron chi connectivity index (χ1n) is 5.88. The molecule has 1 fully saturated rings. The molecule has 0 saturated carbocycles. The molecule has 0 atom stereocenters. The van der Waals surface area contributed by atoms with Gasteiger partial charge in [-0.2, -0.15) is 5.10 Å². The second kappa shape index (κ2) is 5.54. The molecule has 1 aliphatic heterocycles. The summed E-state index contributed by atoms with van der Waals surface area (Å²) >= 11 is 5.03. The summed E-state index contributed by atoms with van der Waals surface area (Å²) in [6.07, 6.45) is 1.37. The van der Waals surface area contributed by atoms with Crippen LogP contribution in [0.2, 0.25) is 0 Å². The molecular weight excluding hydrogens is 268 g/mol. The maximum Gasteiger partial charge on any atom is 0.266 e. The fraction of sp³-hybridized carbons (Fsp3) is 0.545. The molecule has 1 N–H and O–H groups in total. The van der Waals surface area contributed by atoms with Gasteiger partial charge in [0.05, 0.1) is 32.5 Å². The quantitative estimate of drug-likeness (QED) is 0.603. The fourth-order valence-electron chi connectivity index (χ4n) is 1.78. The molecule has 0 amide bonds. The summed E-state index contributed by atoms with van der Waals surface area (Å²) in [4.78, 5) is 12.0. The molecule has 2 rings (SSSR count). The highest BCUT2D eigenvalue weighted by atomic mass is 32.1. The average molecular weight is 284 g/mol. The standard InChI is InChI=1S/C11H16N4O3S/c1-13-9(16)8(10(17)14(2)11(13)19)7-12-15-3-5-18-6-4-15/h7,16H,3-6H2,1-2H3/b12-7+. The number of ether oxygens (including phenoxy) is 1. The topological polar surface area (TPSA) is 72.0 Å². The van der Waals surface area contributed by atoms with Crippen molar-refractivity contribution in [2.45, 2.75) is 0 Å². The van der Waals surface area contributed by atoms with Gasteiger partial charge >= 0.3 is 0 Å². The highest BCUT2D eigenvalue weighted by Gasteiger charge is 2.12. The van der Waals surface area contributed by atoms with Gasteiger partial charge in [0.15, 0.2) is 4.77 Å². The minimum atomic E-state index is -0.363. The predicted molar refractivity (Wildman–Crippen MR) is 73.1 cm³/mol. The normalized spacial score (nSPS) is 16.2. The Morgan fingerprint density at radius 3 is 2.58 bits per heavy atom. The molecule has 0 aliphatic carbocycles. The van der Waals surface area contributed by atoms with Gasteiger partial charge in [-0.25, -0.2) is 0 Å². The minimum Gasteiger partial charge on any atom is -0.494 e. The lowest BCUT2D eigenvalue weighted by Crippen LogP contribution is -2.33. The van der Waals surface area contributed by atoms with Crippen LogP contribution < -0.4 is 5.56 Å². The lowest BCUT2D eigenvalue weighted by molar-refractivity contribution is 0.0396. The van der Waals surface area contributed by atoms with E-state index in [4.69, 9.17) is 17.0 Å². The van der Waals surface area contributed by atoms with E-state index < -0.39 is 0 Å². The maximum absolute atomic E-state index is 12.0. The summed E-state index contributed by atoms with van der Waals surface area (Å²) in [5.74, 6) is -0.176. The molecule has 1 aromatic rings. The summed E-state index contributed by atoms with van der Waals surface area (Å²) in [5, 5.41) is 16.0. The smallest absolute Gasteiger partial charge is 0.266 e. The molecule has 0 radical (unpaired) electrons. The molecule has 0 aromatic carbocycles. The highest BCUT2D eigenvalue weighted by Crippen LogP contribution is 2.10. The molecule has 7 nitrogen and oxygen atoms in total. The van der Waals surface area contributed by atoms with Crippen molar-refractivity contribution in [1.29, 1.82) is 0 Å². The number of hydrazone groups is 1. The van der Waals surface area contributed by atoms with Crippen LogP contribution in [0.15, 0.2) is 9.90 Å². The molecule has 1 aromatic heterocycles. The van der Waals surface area contributed by atoms with Crippen molar-refractivity contribution in [2.24, 2.45) is 19.2 Å². The van der Waals surface area contributed by atoms with Crippen molar-refractivity contribution in [3.8, 4) is 5.88 Å².